The SMILES string of the molecule is COc1ccc(OC)c(S(=O)(=O)N(C)CC(=O)NN=Cc2c(Cl)cccc2Cl)c1. The van der Waals surface area contributed by atoms with Crippen molar-refractivity contribution in [2.45, 2.75) is 4.90 Å². The number of likely N-dealkylation sites (N-methyl/N-ethyl adjacent to an activating group) is 1. The molecule has 2 aromatic carbocycles. The highest BCUT2D eigenvalue weighted by atomic mass is 35.5. The van der Waals surface area contributed by atoms with Crippen LogP contribution in [0.3, 0.4) is 0 Å². The van der Waals surface area contributed by atoms with Gasteiger partial charge in [0, 0.05) is 18.7 Å². The average Bonchev–Trinajstić information content (AvgIpc) is 2.69. The van der Waals surface area contributed by atoms with Crippen LogP contribution in [0.5, 0.6) is 11.5 Å². The molecule has 2 aromatic rings. The molecule has 0 aliphatic carbocycles. The van der Waals surface area contributed by atoms with Gasteiger partial charge in [-0.15, -0.1) is 0 Å². The van der Waals surface area contributed by atoms with Crippen molar-refractivity contribution in [2.75, 3.05) is 27.8 Å². The van der Waals surface area contributed by atoms with Crippen LogP contribution in [0, 0.1) is 0 Å². The van der Waals surface area contributed by atoms with Gasteiger partial charge >= 0.3 is 0 Å². The van der Waals surface area contributed by atoms with E-state index in [9.17, 15) is 13.2 Å². The summed E-state index contributed by atoms with van der Waals surface area (Å²) in [5, 5.41) is 4.50. The van der Waals surface area contributed by atoms with Crippen molar-refractivity contribution < 1.29 is 22.7 Å². The summed E-state index contributed by atoms with van der Waals surface area (Å²) < 4.78 is 36.7. The lowest BCUT2D eigenvalue weighted by molar-refractivity contribution is -0.121. The number of carbonyl (C=O) groups is 1. The molecular formula is C18H19Cl2N3O5S. The number of halogens is 2. The van der Waals surface area contributed by atoms with Crippen LogP contribution in [0.4, 0.5) is 0 Å². The molecule has 0 aliphatic heterocycles. The number of hydrazone groups is 1. The molecule has 0 unspecified atom stereocenters. The fourth-order valence-electron chi connectivity index (χ4n) is 2.28. The number of rotatable bonds is 8. The molecule has 0 bridgehead atoms. The topological polar surface area (TPSA) is 97.3 Å². The van der Waals surface area contributed by atoms with Gasteiger partial charge in [0.2, 0.25) is 10.0 Å². The Morgan fingerprint density at radius 3 is 2.41 bits per heavy atom. The Kier molecular flexibility index (Phi) is 7.86. The van der Waals surface area contributed by atoms with Crippen LogP contribution < -0.4 is 14.9 Å². The minimum atomic E-state index is -4.03. The van der Waals surface area contributed by atoms with E-state index in [-0.39, 0.29) is 10.6 Å². The summed E-state index contributed by atoms with van der Waals surface area (Å²) in [6.45, 7) is -0.476. The van der Waals surface area contributed by atoms with E-state index >= 15 is 0 Å². The standard InChI is InChI=1S/C18H19Cl2N3O5S/c1-23(29(25,26)17-9-12(27-2)7-8-16(17)28-3)11-18(24)22-21-10-13-14(19)5-4-6-15(13)20/h4-10H,11H2,1-3H3,(H,22,24). The highest BCUT2D eigenvalue weighted by molar-refractivity contribution is 7.89. The Labute approximate surface area is 179 Å². The van der Waals surface area contributed by atoms with Crippen LogP contribution in [0.15, 0.2) is 46.4 Å². The van der Waals surface area contributed by atoms with Crippen molar-refractivity contribution in [3.8, 4) is 11.5 Å². The third kappa shape index (κ3) is 5.60. The molecule has 0 radical (unpaired) electrons. The Hall–Kier alpha value is -2.33. The zero-order chi connectivity index (χ0) is 21.6. The minimum absolute atomic E-state index is 0.124. The van der Waals surface area contributed by atoms with Gasteiger partial charge in [-0.1, -0.05) is 29.3 Å². The summed E-state index contributed by atoms with van der Waals surface area (Å²) >= 11 is 12.0. The molecule has 8 nitrogen and oxygen atoms in total. The van der Waals surface area contributed by atoms with E-state index in [0.717, 1.165) is 4.31 Å². The minimum Gasteiger partial charge on any atom is -0.497 e. The van der Waals surface area contributed by atoms with Crippen LogP contribution in [-0.4, -0.2) is 52.7 Å². The van der Waals surface area contributed by atoms with Crippen molar-refractivity contribution in [2.24, 2.45) is 5.10 Å². The number of benzene rings is 2. The number of hydrogen-bond donors (Lipinski definition) is 1. The van der Waals surface area contributed by atoms with Crippen LogP contribution in [0.25, 0.3) is 0 Å². The molecule has 0 fully saturated rings. The summed E-state index contributed by atoms with van der Waals surface area (Å²) in [7, 11) is 0.00432. The van der Waals surface area contributed by atoms with Gasteiger partial charge in [-0.05, 0) is 24.3 Å². The predicted molar refractivity (Wildman–Crippen MR) is 112 cm³/mol. The largest absolute Gasteiger partial charge is 0.497 e. The molecule has 0 heterocycles. The monoisotopic (exact) mass is 459 g/mol. The molecule has 1 N–H and O–H groups in total. The first-order chi connectivity index (χ1) is 13.7. The first kappa shape index (κ1) is 23.0. The second-order valence-electron chi connectivity index (χ2n) is 5.71. The van der Waals surface area contributed by atoms with Crippen molar-refractivity contribution in [3.05, 3.63) is 52.0 Å². The van der Waals surface area contributed by atoms with E-state index in [1.165, 1.54) is 39.6 Å². The number of carbonyl (C=O) groups excluding carboxylic acids is 1. The van der Waals surface area contributed by atoms with Crippen molar-refractivity contribution >= 4 is 45.3 Å². The van der Waals surface area contributed by atoms with Crippen molar-refractivity contribution in [1.29, 1.82) is 0 Å². The molecule has 2 rings (SSSR count). The Morgan fingerprint density at radius 2 is 1.83 bits per heavy atom. The molecule has 0 atom stereocenters. The second-order valence-corrected chi connectivity index (χ2v) is 8.53. The van der Waals surface area contributed by atoms with E-state index in [1.54, 1.807) is 24.3 Å². The molecule has 11 heteroatoms. The van der Waals surface area contributed by atoms with Crippen molar-refractivity contribution in [1.82, 2.24) is 9.73 Å². The van der Waals surface area contributed by atoms with Gasteiger partial charge in [-0.3, -0.25) is 4.79 Å². The number of nitrogens with zero attached hydrogens (tertiary/aromatic N) is 2. The third-order valence-electron chi connectivity index (χ3n) is 3.81. The summed E-state index contributed by atoms with van der Waals surface area (Å²) in [5.74, 6) is -0.190. The van der Waals surface area contributed by atoms with Gasteiger partial charge in [-0.25, -0.2) is 13.8 Å². The third-order valence-corrected chi connectivity index (χ3v) is 6.29. The van der Waals surface area contributed by atoms with E-state index in [0.29, 0.717) is 21.4 Å². The number of nitrogens with one attached hydrogen (secondary N) is 1. The van der Waals surface area contributed by atoms with Crippen LogP contribution >= 0.6 is 23.2 Å². The van der Waals surface area contributed by atoms with Gasteiger partial charge in [0.1, 0.15) is 16.4 Å². The summed E-state index contributed by atoms with van der Waals surface area (Å²) in [5.41, 5.74) is 2.67. The van der Waals surface area contributed by atoms with Gasteiger partial charge < -0.3 is 9.47 Å². The average molecular weight is 460 g/mol. The number of amides is 1. The number of sulfonamides is 1. The lowest BCUT2D eigenvalue weighted by Gasteiger charge is -2.18. The second kappa shape index (κ2) is 9.93. The molecule has 1 amide bonds. The van der Waals surface area contributed by atoms with E-state index in [4.69, 9.17) is 32.7 Å². The van der Waals surface area contributed by atoms with Gasteiger partial charge in [-0.2, -0.15) is 9.41 Å². The molecule has 156 valence electrons. The smallest absolute Gasteiger partial charge is 0.255 e. The number of hydrogen-bond acceptors (Lipinski definition) is 6. The zero-order valence-corrected chi connectivity index (χ0v) is 18.2. The molecule has 0 aromatic heterocycles. The first-order valence-electron chi connectivity index (χ1n) is 8.15. The fraction of sp³-hybridized carbons (Fsp3) is 0.222. The van der Waals surface area contributed by atoms with Crippen LogP contribution in [-0.2, 0) is 14.8 Å². The predicted octanol–water partition coefficient (Wildman–Crippen LogP) is 2.78. The highest BCUT2D eigenvalue weighted by Gasteiger charge is 2.27. The van der Waals surface area contributed by atoms with E-state index in [2.05, 4.69) is 10.5 Å². The summed E-state index contributed by atoms with van der Waals surface area (Å²) in [6.07, 6.45) is 1.28. The lowest BCUT2D eigenvalue weighted by Crippen LogP contribution is -2.36. The molecule has 29 heavy (non-hydrogen) atoms. The van der Waals surface area contributed by atoms with Crippen LogP contribution in [0.2, 0.25) is 10.0 Å². The lowest BCUT2D eigenvalue weighted by atomic mass is 10.2. The van der Waals surface area contributed by atoms with Gasteiger partial charge in [0.05, 0.1) is 37.0 Å². The first-order valence-corrected chi connectivity index (χ1v) is 10.3. The highest BCUT2D eigenvalue weighted by Crippen LogP contribution is 2.30. The molecule has 0 aliphatic rings. The quantitative estimate of drug-likeness (QED) is 0.483. The summed E-state index contributed by atoms with van der Waals surface area (Å²) in [4.78, 5) is 12.0. The number of methoxy groups -OCH3 is 2. The summed E-state index contributed by atoms with van der Waals surface area (Å²) in [6, 6.07) is 9.28. The molecule has 0 saturated carbocycles. The van der Waals surface area contributed by atoms with E-state index < -0.39 is 22.5 Å². The van der Waals surface area contributed by atoms with Crippen molar-refractivity contribution in [3.63, 3.8) is 0 Å². The molecular weight excluding hydrogens is 441 g/mol. The zero-order valence-electron chi connectivity index (χ0n) is 15.8. The molecule has 0 saturated heterocycles. The van der Waals surface area contributed by atoms with E-state index in [1.807, 2.05) is 0 Å². The number of ether oxygens (including phenoxy) is 2. The maximum absolute atomic E-state index is 12.8. The maximum Gasteiger partial charge on any atom is 0.255 e. The Bertz CT molecular complexity index is 1010. The van der Waals surface area contributed by atoms with Gasteiger partial charge in [0.15, 0.2) is 0 Å². The normalized spacial score (nSPS) is 11.7. The maximum atomic E-state index is 12.8. The Balaban J connectivity index is 2.12. The fourth-order valence-corrected chi connectivity index (χ4v) is 4.07. The van der Waals surface area contributed by atoms with Gasteiger partial charge in [0.25, 0.3) is 5.91 Å². The van der Waals surface area contributed by atoms with Crippen LogP contribution in [0.1, 0.15) is 5.56 Å². The Morgan fingerprint density at radius 1 is 1.17 bits per heavy atom. The molecule has 0 spiro atoms.